The molecule has 1 spiro atoms. The van der Waals surface area contributed by atoms with Gasteiger partial charge in [-0.05, 0) is 49.4 Å². The third-order valence-electron chi connectivity index (χ3n) is 8.68. The highest BCUT2D eigenvalue weighted by Gasteiger charge is 2.53. The Bertz CT molecular complexity index is 1310. The van der Waals surface area contributed by atoms with Gasteiger partial charge in [0.1, 0.15) is 11.0 Å². The lowest BCUT2D eigenvalue weighted by molar-refractivity contribution is -0.144. The van der Waals surface area contributed by atoms with Crippen molar-refractivity contribution < 1.29 is 14.3 Å². The molecule has 0 atom stereocenters. The van der Waals surface area contributed by atoms with Crippen LogP contribution in [0.15, 0.2) is 91.0 Å². The molecule has 2 saturated heterocycles. The minimum absolute atomic E-state index is 0.0882. The van der Waals surface area contributed by atoms with Crippen molar-refractivity contribution in [3.63, 3.8) is 0 Å². The molecule has 2 heterocycles. The highest BCUT2D eigenvalue weighted by Crippen LogP contribution is 2.41. The number of esters is 1. The van der Waals surface area contributed by atoms with Gasteiger partial charge in [-0.1, -0.05) is 78.9 Å². The molecule has 2 aliphatic heterocycles. The Labute approximate surface area is 242 Å². The van der Waals surface area contributed by atoms with Gasteiger partial charge in [0.05, 0.1) is 25.8 Å². The van der Waals surface area contributed by atoms with E-state index in [0.717, 1.165) is 36.4 Å². The van der Waals surface area contributed by atoms with Crippen molar-refractivity contribution in [3.05, 3.63) is 102 Å². The van der Waals surface area contributed by atoms with Crippen LogP contribution in [0.3, 0.4) is 0 Å². The number of ether oxygens (including phenoxy) is 1. The first-order chi connectivity index (χ1) is 20.0. The molecule has 0 unspecified atom stereocenters. The minimum atomic E-state index is -0.749. The highest BCUT2D eigenvalue weighted by atomic mass is 16.5. The number of piperidine rings is 1. The second-order valence-electron chi connectivity index (χ2n) is 10.9. The van der Waals surface area contributed by atoms with Crippen molar-refractivity contribution in [1.29, 1.82) is 5.26 Å². The number of likely N-dealkylation sites (tertiary alicyclic amines) is 1. The third-order valence-corrected chi connectivity index (χ3v) is 8.68. The van der Waals surface area contributed by atoms with Crippen molar-refractivity contribution in [2.45, 2.75) is 43.6 Å². The van der Waals surface area contributed by atoms with Crippen LogP contribution in [0.25, 0.3) is 0 Å². The van der Waals surface area contributed by atoms with Crippen molar-refractivity contribution in [1.82, 2.24) is 9.80 Å². The van der Waals surface area contributed by atoms with Crippen molar-refractivity contribution in [2.75, 3.05) is 44.4 Å². The van der Waals surface area contributed by atoms with Gasteiger partial charge >= 0.3 is 5.97 Å². The van der Waals surface area contributed by atoms with E-state index in [-0.39, 0.29) is 18.3 Å². The molecule has 2 aliphatic rings. The number of nitrogens with zero attached hydrogens (tertiary/aromatic N) is 4. The summed E-state index contributed by atoms with van der Waals surface area (Å²) >= 11 is 0. The molecule has 0 N–H and O–H groups in total. The maximum Gasteiger partial charge on any atom is 0.307 e. The van der Waals surface area contributed by atoms with Crippen LogP contribution < -0.4 is 4.90 Å². The van der Waals surface area contributed by atoms with Gasteiger partial charge in [-0.2, -0.15) is 5.26 Å². The van der Waals surface area contributed by atoms with Gasteiger partial charge in [0, 0.05) is 31.9 Å². The number of carbonyl (C=O) groups is 2. The summed E-state index contributed by atoms with van der Waals surface area (Å²) in [5.74, 6) is -0.189. The summed E-state index contributed by atoms with van der Waals surface area (Å²) in [7, 11) is 0. The van der Waals surface area contributed by atoms with E-state index in [1.54, 1.807) is 6.92 Å². The number of amides is 1. The Morgan fingerprint density at radius 2 is 1.46 bits per heavy atom. The summed E-state index contributed by atoms with van der Waals surface area (Å²) in [6, 6.07) is 32.9. The van der Waals surface area contributed by atoms with Gasteiger partial charge in [-0.3, -0.25) is 9.59 Å². The lowest BCUT2D eigenvalue weighted by Gasteiger charge is -2.44. The highest BCUT2D eigenvalue weighted by molar-refractivity contribution is 5.93. The van der Waals surface area contributed by atoms with E-state index in [2.05, 4.69) is 28.0 Å². The fourth-order valence-corrected chi connectivity index (χ4v) is 6.39. The maximum atomic E-state index is 13.9. The first-order valence-corrected chi connectivity index (χ1v) is 14.5. The standard InChI is InChI=1S/C34H38N4O3/c1-2-41-31(39)18-22-37-27-38(30-16-10-5-11-17-30)34(32(37)40)20-24-36(25-21-34)23-19-33(26-35,28-12-6-3-7-13-28)29-14-8-4-9-15-29/h3-17H,2,18-25,27H2,1H3. The molecule has 212 valence electrons. The maximum absolute atomic E-state index is 13.9. The molecule has 0 saturated carbocycles. The average Bonchev–Trinajstić information content (AvgIpc) is 3.29. The minimum Gasteiger partial charge on any atom is -0.466 e. The summed E-state index contributed by atoms with van der Waals surface area (Å²) in [6.07, 6.45) is 2.23. The van der Waals surface area contributed by atoms with E-state index < -0.39 is 11.0 Å². The summed E-state index contributed by atoms with van der Waals surface area (Å²) in [6.45, 7) is 5.20. The van der Waals surface area contributed by atoms with Gasteiger partial charge in [0.2, 0.25) is 5.91 Å². The number of hydrogen-bond donors (Lipinski definition) is 0. The van der Waals surface area contributed by atoms with Crippen LogP contribution in [0.1, 0.15) is 43.7 Å². The monoisotopic (exact) mass is 550 g/mol. The molecular formula is C34H38N4O3. The molecule has 0 radical (unpaired) electrons. The Balaban J connectivity index is 1.32. The molecule has 0 aromatic heterocycles. The van der Waals surface area contributed by atoms with Crippen LogP contribution in [0.4, 0.5) is 5.69 Å². The van der Waals surface area contributed by atoms with Crippen LogP contribution >= 0.6 is 0 Å². The molecular weight excluding hydrogens is 512 g/mol. The Hall–Kier alpha value is -4.15. The first-order valence-electron chi connectivity index (χ1n) is 14.5. The number of rotatable bonds is 10. The van der Waals surface area contributed by atoms with E-state index in [9.17, 15) is 14.9 Å². The van der Waals surface area contributed by atoms with Crippen LogP contribution in [0.2, 0.25) is 0 Å². The van der Waals surface area contributed by atoms with Gasteiger partial charge in [0.25, 0.3) is 0 Å². The molecule has 41 heavy (non-hydrogen) atoms. The molecule has 0 aliphatic carbocycles. The van der Waals surface area contributed by atoms with E-state index in [4.69, 9.17) is 4.74 Å². The Kier molecular flexibility index (Phi) is 8.70. The zero-order valence-electron chi connectivity index (χ0n) is 23.7. The van der Waals surface area contributed by atoms with Crippen LogP contribution in [-0.2, 0) is 19.7 Å². The fraction of sp³-hybridized carbons (Fsp3) is 0.382. The molecule has 5 rings (SSSR count). The van der Waals surface area contributed by atoms with Crippen LogP contribution in [0, 0.1) is 11.3 Å². The summed E-state index contributed by atoms with van der Waals surface area (Å²) in [5.41, 5.74) is 1.63. The molecule has 1 amide bonds. The summed E-state index contributed by atoms with van der Waals surface area (Å²) in [5, 5.41) is 10.6. The number of anilines is 1. The lowest BCUT2D eigenvalue weighted by atomic mass is 9.73. The summed E-state index contributed by atoms with van der Waals surface area (Å²) in [4.78, 5) is 32.4. The third kappa shape index (κ3) is 5.71. The quantitative estimate of drug-likeness (QED) is 0.332. The largest absolute Gasteiger partial charge is 0.466 e. The second-order valence-corrected chi connectivity index (χ2v) is 10.9. The lowest BCUT2D eigenvalue weighted by Crippen LogP contribution is -2.56. The van der Waals surface area contributed by atoms with Crippen LogP contribution in [0.5, 0.6) is 0 Å². The van der Waals surface area contributed by atoms with E-state index >= 15 is 0 Å². The number of carbonyl (C=O) groups excluding carboxylic acids is 2. The Morgan fingerprint density at radius 3 is 2.00 bits per heavy atom. The first kappa shape index (κ1) is 28.4. The molecule has 0 bridgehead atoms. The second kappa shape index (κ2) is 12.6. The SMILES string of the molecule is CCOC(=O)CCN1CN(c2ccccc2)C2(CCN(CCC(C#N)(c3ccccc3)c3ccccc3)CC2)C1=O. The van der Waals surface area contributed by atoms with E-state index in [1.165, 1.54) is 0 Å². The van der Waals surface area contributed by atoms with Gasteiger partial charge < -0.3 is 19.4 Å². The summed E-state index contributed by atoms with van der Waals surface area (Å²) < 4.78 is 5.11. The van der Waals surface area contributed by atoms with Crippen LogP contribution in [-0.4, -0.2) is 66.7 Å². The van der Waals surface area contributed by atoms with Crippen molar-refractivity contribution in [3.8, 4) is 6.07 Å². The molecule has 3 aromatic rings. The number of hydrogen-bond acceptors (Lipinski definition) is 6. The predicted octanol–water partition coefficient (Wildman–Crippen LogP) is 4.98. The molecule has 3 aromatic carbocycles. The Morgan fingerprint density at radius 1 is 0.902 bits per heavy atom. The van der Waals surface area contributed by atoms with Crippen molar-refractivity contribution in [2.24, 2.45) is 0 Å². The van der Waals surface area contributed by atoms with E-state index in [0.29, 0.717) is 39.1 Å². The zero-order chi connectivity index (χ0) is 28.7. The fourth-order valence-electron chi connectivity index (χ4n) is 6.39. The number of benzene rings is 3. The van der Waals surface area contributed by atoms with Gasteiger partial charge in [0.15, 0.2) is 0 Å². The number of nitriles is 1. The zero-order valence-corrected chi connectivity index (χ0v) is 23.7. The van der Waals surface area contributed by atoms with E-state index in [1.807, 2.05) is 83.8 Å². The average molecular weight is 551 g/mol. The smallest absolute Gasteiger partial charge is 0.307 e. The normalized spacial score (nSPS) is 17.0. The topological polar surface area (TPSA) is 76.9 Å². The number of para-hydroxylation sites is 1. The molecule has 7 nitrogen and oxygen atoms in total. The van der Waals surface area contributed by atoms with Crippen molar-refractivity contribution >= 4 is 17.6 Å². The van der Waals surface area contributed by atoms with Gasteiger partial charge in [-0.15, -0.1) is 0 Å². The predicted molar refractivity (Wildman–Crippen MR) is 159 cm³/mol. The van der Waals surface area contributed by atoms with Gasteiger partial charge in [-0.25, -0.2) is 0 Å². The molecule has 2 fully saturated rings. The molecule has 7 heteroatoms.